The van der Waals surface area contributed by atoms with Crippen molar-refractivity contribution in [3.8, 4) is 0 Å². The smallest absolute Gasteiger partial charge is 0.147 e. The van der Waals surface area contributed by atoms with Crippen molar-refractivity contribution < 1.29 is 18.9 Å². The molecule has 0 bridgehead atoms. The summed E-state index contributed by atoms with van der Waals surface area (Å²) in [5.74, 6) is 2.55. The Hall–Kier alpha value is 1.24. The fourth-order valence-corrected chi connectivity index (χ4v) is 15.8. The first-order valence-corrected chi connectivity index (χ1v) is 32.1. The van der Waals surface area contributed by atoms with Crippen molar-refractivity contribution in [2.75, 3.05) is 64.5 Å². The molecule has 0 aromatic carbocycles. The van der Waals surface area contributed by atoms with E-state index in [4.69, 9.17) is 18.9 Å². The fourth-order valence-electron chi connectivity index (χ4n) is 8.30. The van der Waals surface area contributed by atoms with E-state index in [1.54, 1.807) is 0 Å². The van der Waals surface area contributed by atoms with Crippen molar-refractivity contribution in [2.24, 2.45) is 0 Å². The van der Waals surface area contributed by atoms with Crippen molar-refractivity contribution in [3.05, 3.63) is 0 Å². The molecule has 0 radical (unpaired) electrons. The zero-order valence-electron chi connectivity index (χ0n) is 38.0. The van der Waals surface area contributed by atoms with Crippen LogP contribution in [0.1, 0.15) is 206 Å². The predicted molar refractivity (Wildman–Crippen MR) is 264 cm³/mol. The number of nitrogens with zero attached hydrogens (tertiary/aromatic N) is 2. The summed E-state index contributed by atoms with van der Waals surface area (Å²) in [6.45, 7) is 12.4. The highest BCUT2D eigenvalue weighted by Gasteiger charge is 2.17. The molecule has 57 heavy (non-hydrogen) atoms. The van der Waals surface area contributed by atoms with Crippen LogP contribution in [0, 0.1) is 0 Å². The average Bonchev–Trinajstić information content (AvgIpc) is 3.20. The molecule has 0 aromatic rings. The molecule has 2 rings (SSSR count). The molecule has 0 N–H and O–H groups in total. The van der Waals surface area contributed by atoms with Crippen LogP contribution in [0.4, 0.5) is 0 Å². The normalized spacial score (nSPS) is 19.9. The van der Waals surface area contributed by atoms with E-state index in [0.717, 1.165) is 13.2 Å². The Morgan fingerprint density at radius 2 is 0.825 bits per heavy atom. The number of hydrogen-bond acceptors (Lipinski definition) is 9. The van der Waals surface area contributed by atoms with Crippen LogP contribution in [0.25, 0.3) is 0 Å². The summed E-state index contributed by atoms with van der Waals surface area (Å²) in [7, 11) is 6.05. The van der Waals surface area contributed by atoms with Gasteiger partial charge in [0.1, 0.15) is 13.6 Å². The molecule has 2 aliphatic heterocycles. The van der Waals surface area contributed by atoms with Gasteiger partial charge in [-0.25, -0.2) is 0 Å². The van der Waals surface area contributed by atoms with Crippen LogP contribution in [0.5, 0.6) is 0 Å². The minimum absolute atomic E-state index is 0.0774. The van der Waals surface area contributed by atoms with E-state index >= 15 is 0 Å². The van der Waals surface area contributed by atoms with Gasteiger partial charge in [0, 0.05) is 24.7 Å². The molecule has 0 spiro atoms. The molecule has 11 heteroatoms. The van der Waals surface area contributed by atoms with Gasteiger partial charge in [-0.3, -0.25) is 0 Å². The molecule has 2 fully saturated rings. The summed E-state index contributed by atoms with van der Waals surface area (Å²) in [4.78, 5) is 0. The van der Waals surface area contributed by atoms with E-state index in [1.807, 2.05) is 9.83 Å². The van der Waals surface area contributed by atoms with Crippen molar-refractivity contribution in [3.63, 3.8) is 0 Å². The Balaban J connectivity index is 1.34. The van der Waals surface area contributed by atoms with Gasteiger partial charge in [-0.05, 0) is 99.5 Å². The van der Waals surface area contributed by atoms with E-state index in [9.17, 15) is 0 Å². The monoisotopic (exact) mass is 893 g/mol. The lowest BCUT2D eigenvalue weighted by Crippen LogP contribution is -2.34. The van der Waals surface area contributed by atoms with E-state index in [1.165, 1.54) is 242 Å². The van der Waals surface area contributed by atoms with Crippen LogP contribution in [0.3, 0.4) is 0 Å². The van der Waals surface area contributed by atoms with E-state index in [2.05, 4.69) is 44.6 Å². The van der Waals surface area contributed by atoms with E-state index in [-0.39, 0.29) is 19.4 Å². The molecule has 0 aromatic heterocycles. The number of rotatable bonds is 40. The molecular formula is C46H96N2O4S3Si2. The molecule has 2 atom stereocenters. The lowest BCUT2D eigenvalue weighted by Gasteiger charge is -2.28. The Morgan fingerprint density at radius 1 is 0.456 bits per heavy atom. The van der Waals surface area contributed by atoms with Crippen LogP contribution in [0.15, 0.2) is 0 Å². The molecule has 0 amide bonds. The Morgan fingerprint density at radius 3 is 1.21 bits per heavy atom. The van der Waals surface area contributed by atoms with Gasteiger partial charge in [0.2, 0.25) is 0 Å². The first-order valence-electron chi connectivity index (χ1n) is 25.1. The average molecular weight is 894 g/mol. The largest absolute Gasteiger partial charge is 0.355 e. The van der Waals surface area contributed by atoms with Crippen LogP contribution in [-0.2, 0) is 18.9 Å². The maximum atomic E-state index is 6.20. The SMILES string of the molecule is CCCCCCCCCCCCCOCOC1CCC[SiH2]N(CCCSSSCCCN2CCC(OCOCCCCCCCCCCCCC)CCC[SiH2]2)CC1. The van der Waals surface area contributed by atoms with Crippen molar-refractivity contribution in [1.29, 1.82) is 0 Å². The van der Waals surface area contributed by atoms with E-state index < -0.39 is 0 Å². The molecule has 340 valence electrons. The maximum absolute atomic E-state index is 6.20. The summed E-state index contributed by atoms with van der Waals surface area (Å²) >= 11 is 0. The van der Waals surface area contributed by atoms with Gasteiger partial charge in [-0.15, -0.1) is 0 Å². The van der Waals surface area contributed by atoms with Gasteiger partial charge in [-0.1, -0.05) is 177 Å². The molecule has 2 unspecified atom stereocenters. The summed E-state index contributed by atoms with van der Waals surface area (Å²) in [5, 5.41) is 0. The van der Waals surface area contributed by atoms with Crippen LogP contribution in [0.2, 0.25) is 12.1 Å². The predicted octanol–water partition coefficient (Wildman–Crippen LogP) is 13.1. The van der Waals surface area contributed by atoms with Crippen molar-refractivity contribution >= 4 is 50.8 Å². The molecule has 0 saturated carbocycles. The first-order chi connectivity index (χ1) is 28.3. The zero-order valence-corrected chi connectivity index (χ0v) is 43.3. The maximum Gasteiger partial charge on any atom is 0.147 e. The highest BCUT2D eigenvalue weighted by atomic mass is 33.5. The third-order valence-electron chi connectivity index (χ3n) is 12.1. The summed E-state index contributed by atoms with van der Waals surface area (Å²) in [5.41, 5.74) is 0. The second-order valence-corrected chi connectivity index (χ2v) is 25.9. The Labute approximate surface area is 372 Å². The van der Waals surface area contributed by atoms with Gasteiger partial charge in [0.05, 0.1) is 31.6 Å². The standard InChI is InChI=1S/C46H96N2O4S3Si2/c1-3-5-7-9-11-13-15-17-19-21-23-37-49-43-51-45-29-25-41-56-47(35-31-45)33-27-39-53-55-54-40-28-34-48-36-32-46(30-26-42-57-48)52-44-50-38-24-22-20-18-16-14-12-10-8-6-4-2/h45-46H,3-44,56-57H2,1-2H3. The Bertz CT molecular complexity index is 753. The molecule has 0 aliphatic carbocycles. The number of hydrogen-bond donors (Lipinski definition) is 0. The van der Waals surface area contributed by atoms with Gasteiger partial charge in [0.15, 0.2) is 0 Å². The van der Waals surface area contributed by atoms with Crippen LogP contribution < -0.4 is 0 Å². The molecule has 2 aliphatic rings. The molecule has 2 saturated heterocycles. The Kier molecular flexibility index (Phi) is 41.9. The molecule has 6 nitrogen and oxygen atoms in total. The zero-order chi connectivity index (χ0) is 40.4. The van der Waals surface area contributed by atoms with Gasteiger partial charge in [0.25, 0.3) is 0 Å². The lowest BCUT2D eigenvalue weighted by molar-refractivity contribution is -0.0956. The van der Waals surface area contributed by atoms with Gasteiger partial charge in [-0.2, -0.15) is 0 Å². The number of ether oxygens (including phenoxy) is 4. The van der Waals surface area contributed by atoms with Crippen molar-refractivity contribution in [1.82, 2.24) is 9.13 Å². The van der Waals surface area contributed by atoms with Crippen LogP contribution >= 0.6 is 31.4 Å². The highest BCUT2D eigenvalue weighted by Crippen LogP contribution is 2.35. The quantitative estimate of drug-likeness (QED) is 0.0259. The topological polar surface area (TPSA) is 43.4 Å². The second-order valence-electron chi connectivity index (χ2n) is 17.4. The fraction of sp³-hybridized carbons (Fsp3) is 1.00. The van der Waals surface area contributed by atoms with E-state index in [0.29, 0.717) is 25.8 Å². The minimum Gasteiger partial charge on any atom is -0.355 e. The van der Waals surface area contributed by atoms with Gasteiger partial charge < -0.3 is 28.1 Å². The van der Waals surface area contributed by atoms with Crippen molar-refractivity contribution in [2.45, 2.75) is 231 Å². The summed E-state index contributed by atoms with van der Waals surface area (Å²) in [6, 6.07) is 2.89. The summed E-state index contributed by atoms with van der Waals surface area (Å²) in [6.07, 6.45) is 41.4. The molecule has 2 heterocycles. The van der Waals surface area contributed by atoms with Crippen LogP contribution in [-0.4, -0.2) is 105 Å². The lowest BCUT2D eigenvalue weighted by atomic mass is 10.1. The molecular weight excluding hydrogens is 797 g/mol. The number of unbranched alkanes of at least 4 members (excludes halogenated alkanes) is 20. The summed E-state index contributed by atoms with van der Waals surface area (Å²) < 4.78 is 29.8. The first kappa shape index (κ1) is 54.4. The minimum atomic E-state index is -0.0774. The second kappa shape index (κ2) is 43.9. The highest BCUT2D eigenvalue weighted by molar-refractivity contribution is 9.09. The third-order valence-corrected chi connectivity index (χ3v) is 20.7. The third kappa shape index (κ3) is 36.4. The van der Waals surface area contributed by atoms with Gasteiger partial charge >= 0.3 is 0 Å².